The molecule has 19 heavy (non-hydrogen) atoms. The van der Waals surface area contributed by atoms with Gasteiger partial charge >= 0.3 is 0 Å². The molecule has 0 aliphatic carbocycles. The normalized spacial score (nSPS) is 12.5. The fraction of sp³-hybridized carbons (Fsp3) is 0.462. The average molecular weight is 326 g/mol. The van der Waals surface area contributed by atoms with Gasteiger partial charge in [-0.1, -0.05) is 43.1 Å². The summed E-state index contributed by atoms with van der Waals surface area (Å²) in [7, 11) is 0. The molecule has 3 N–H and O–H groups in total. The molecule has 1 aromatic rings. The Kier molecular flexibility index (Phi) is 7.16. The molecule has 0 aromatic heterocycles. The van der Waals surface area contributed by atoms with Gasteiger partial charge in [0.1, 0.15) is 0 Å². The molecule has 0 aliphatic heterocycles. The van der Waals surface area contributed by atoms with Crippen molar-refractivity contribution in [2.75, 3.05) is 6.54 Å². The van der Waals surface area contributed by atoms with Crippen LogP contribution in [0.3, 0.4) is 0 Å². The van der Waals surface area contributed by atoms with Crippen LogP contribution in [0, 0.1) is 0 Å². The number of carbonyl (C=O) groups excluding carboxylic acids is 1. The van der Waals surface area contributed by atoms with Crippen LogP contribution in [0.4, 0.5) is 0 Å². The minimum absolute atomic E-state index is 0. The fourth-order valence-electron chi connectivity index (χ4n) is 1.70. The molecular weight excluding hydrogens is 307 g/mol. The standard InChI is InChI=1S/C13H18Cl2N2O.ClH/c1-8(16)12(18)17-7-13(2,3)11-9(14)5-4-6-10(11)15;/h4-6,8H,7,16H2,1-3H3,(H,17,18);1H/t8-;/m0./s1. The number of rotatable bonds is 4. The molecule has 6 heteroatoms. The number of nitrogens with two attached hydrogens (primary N) is 1. The van der Waals surface area contributed by atoms with Gasteiger partial charge in [0.15, 0.2) is 0 Å². The second kappa shape index (κ2) is 7.34. The number of benzene rings is 1. The van der Waals surface area contributed by atoms with E-state index in [1.807, 2.05) is 13.8 Å². The first-order chi connectivity index (χ1) is 8.25. The smallest absolute Gasteiger partial charge is 0.236 e. The first-order valence-electron chi connectivity index (χ1n) is 5.73. The summed E-state index contributed by atoms with van der Waals surface area (Å²) in [5, 5.41) is 3.99. The van der Waals surface area contributed by atoms with Crippen LogP contribution in [-0.2, 0) is 10.2 Å². The van der Waals surface area contributed by atoms with Crippen LogP contribution >= 0.6 is 35.6 Å². The molecule has 0 saturated carbocycles. The van der Waals surface area contributed by atoms with E-state index in [0.29, 0.717) is 16.6 Å². The first kappa shape index (κ1) is 18.5. The molecule has 3 nitrogen and oxygen atoms in total. The Morgan fingerprint density at radius 2 is 1.84 bits per heavy atom. The van der Waals surface area contributed by atoms with E-state index < -0.39 is 6.04 Å². The molecule has 0 spiro atoms. The van der Waals surface area contributed by atoms with Crippen molar-refractivity contribution in [3.63, 3.8) is 0 Å². The van der Waals surface area contributed by atoms with Crippen LogP contribution in [0.15, 0.2) is 18.2 Å². The highest BCUT2D eigenvalue weighted by Gasteiger charge is 2.26. The van der Waals surface area contributed by atoms with Crippen LogP contribution in [0.1, 0.15) is 26.3 Å². The highest BCUT2D eigenvalue weighted by molar-refractivity contribution is 6.36. The Morgan fingerprint density at radius 1 is 1.37 bits per heavy atom. The van der Waals surface area contributed by atoms with E-state index in [1.54, 1.807) is 25.1 Å². The van der Waals surface area contributed by atoms with Crippen LogP contribution < -0.4 is 11.1 Å². The van der Waals surface area contributed by atoms with E-state index in [0.717, 1.165) is 5.56 Å². The van der Waals surface area contributed by atoms with Crippen LogP contribution in [0.2, 0.25) is 10.0 Å². The number of carbonyl (C=O) groups is 1. The lowest BCUT2D eigenvalue weighted by Crippen LogP contribution is -2.44. The summed E-state index contributed by atoms with van der Waals surface area (Å²) in [5.41, 5.74) is 5.97. The lowest BCUT2D eigenvalue weighted by atomic mass is 9.84. The SMILES string of the molecule is C[C@H](N)C(=O)NCC(C)(C)c1c(Cl)cccc1Cl.Cl. The molecule has 1 amide bonds. The molecule has 0 aliphatic rings. The zero-order valence-electron chi connectivity index (χ0n) is 11.2. The number of halogens is 3. The minimum atomic E-state index is -0.525. The van der Waals surface area contributed by atoms with E-state index in [1.165, 1.54) is 0 Å². The van der Waals surface area contributed by atoms with Crippen LogP contribution in [0.25, 0.3) is 0 Å². The zero-order chi connectivity index (χ0) is 13.9. The number of nitrogens with one attached hydrogen (secondary N) is 1. The second-order valence-electron chi connectivity index (χ2n) is 4.99. The molecule has 0 heterocycles. The highest BCUT2D eigenvalue weighted by Crippen LogP contribution is 2.35. The molecule has 0 radical (unpaired) electrons. The predicted octanol–water partition coefficient (Wildman–Crippen LogP) is 3.16. The number of hydrogen-bond acceptors (Lipinski definition) is 2. The third-order valence-electron chi connectivity index (χ3n) is 2.76. The number of amides is 1. The average Bonchev–Trinajstić information content (AvgIpc) is 2.25. The van der Waals surface area contributed by atoms with Crippen molar-refractivity contribution in [3.8, 4) is 0 Å². The van der Waals surface area contributed by atoms with Crippen molar-refractivity contribution in [1.82, 2.24) is 5.32 Å². The lowest BCUT2D eigenvalue weighted by Gasteiger charge is -2.28. The molecule has 0 unspecified atom stereocenters. The molecule has 0 fully saturated rings. The zero-order valence-corrected chi connectivity index (χ0v) is 13.5. The van der Waals surface area contributed by atoms with Crippen molar-refractivity contribution in [2.24, 2.45) is 5.73 Å². The van der Waals surface area contributed by atoms with Gasteiger partial charge in [-0.05, 0) is 24.6 Å². The quantitative estimate of drug-likeness (QED) is 0.893. The summed E-state index contributed by atoms with van der Waals surface area (Å²) in [5.74, 6) is -0.189. The monoisotopic (exact) mass is 324 g/mol. The van der Waals surface area contributed by atoms with Gasteiger partial charge in [-0.3, -0.25) is 4.79 Å². The summed E-state index contributed by atoms with van der Waals surface area (Å²) in [6, 6.07) is 4.85. The van der Waals surface area contributed by atoms with Crippen molar-refractivity contribution < 1.29 is 4.79 Å². The van der Waals surface area contributed by atoms with E-state index in [4.69, 9.17) is 28.9 Å². The van der Waals surface area contributed by atoms with E-state index in [-0.39, 0.29) is 23.7 Å². The molecule has 108 valence electrons. The fourth-order valence-corrected chi connectivity index (χ4v) is 2.61. The van der Waals surface area contributed by atoms with Gasteiger partial charge in [0.25, 0.3) is 0 Å². The van der Waals surface area contributed by atoms with Crippen molar-refractivity contribution in [3.05, 3.63) is 33.8 Å². The summed E-state index contributed by atoms with van der Waals surface area (Å²) in [6.07, 6.45) is 0. The van der Waals surface area contributed by atoms with Crippen molar-refractivity contribution in [1.29, 1.82) is 0 Å². The van der Waals surface area contributed by atoms with Crippen LogP contribution in [-0.4, -0.2) is 18.5 Å². The molecule has 1 rings (SSSR count). The summed E-state index contributed by atoms with van der Waals surface area (Å²) < 4.78 is 0. The van der Waals surface area contributed by atoms with E-state index in [9.17, 15) is 4.79 Å². The molecule has 0 saturated heterocycles. The second-order valence-corrected chi connectivity index (χ2v) is 5.80. The Labute approximate surface area is 130 Å². The summed E-state index contributed by atoms with van der Waals surface area (Å²) in [4.78, 5) is 11.5. The van der Waals surface area contributed by atoms with Gasteiger partial charge in [-0.25, -0.2) is 0 Å². The Hall–Kier alpha value is -0.480. The topological polar surface area (TPSA) is 55.1 Å². The van der Waals surface area contributed by atoms with Crippen LogP contribution in [0.5, 0.6) is 0 Å². The van der Waals surface area contributed by atoms with Crippen molar-refractivity contribution in [2.45, 2.75) is 32.2 Å². The highest BCUT2D eigenvalue weighted by atomic mass is 35.5. The lowest BCUT2D eigenvalue weighted by molar-refractivity contribution is -0.122. The van der Waals surface area contributed by atoms with Gasteiger partial charge in [0, 0.05) is 22.0 Å². The van der Waals surface area contributed by atoms with Gasteiger partial charge in [0.2, 0.25) is 5.91 Å². The van der Waals surface area contributed by atoms with E-state index in [2.05, 4.69) is 5.32 Å². The van der Waals surface area contributed by atoms with Gasteiger partial charge < -0.3 is 11.1 Å². The number of hydrogen-bond donors (Lipinski definition) is 2. The third-order valence-corrected chi connectivity index (χ3v) is 3.39. The maximum absolute atomic E-state index is 11.5. The molecule has 1 aromatic carbocycles. The third kappa shape index (κ3) is 4.84. The Balaban J connectivity index is 0.00000324. The summed E-state index contributed by atoms with van der Waals surface area (Å²) >= 11 is 12.3. The minimum Gasteiger partial charge on any atom is -0.354 e. The Morgan fingerprint density at radius 3 is 2.26 bits per heavy atom. The van der Waals surface area contributed by atoms with E-state index >= 15 is 0 Å². The molecule has 1 atom stereocenters. The molecular formula is C13H19Cl3N2O. The van der Waals surface area contributed by atoms with Gasteiger partial charge in [-0.15, -0.1) is 12.4 Å². The predicted molar refractivity (Wildman–Crippen MR) is 83.4 cm³/mol. The van der Waals surface area contributed by atoms with Gasteiger partial charge in [0.05, 0.1) is 6.04 Å². The maximum atomic E-state index is 11.5. The van der Waals surface area contributed by atoms with Crippen molar-refractivity contribution >= 4 is 41.5 Å². The largest absolute Gasteiger partial charge is 0.354 e. The molecule has 0 bridgehead atoms. The Bertz CT molecular complexity index is 427. The van der Waals surface area contributed by atoms with Gasteiger partial charge in [-0.2, -0.15) is 0 Å². The first-order valence-corrected chi connectivity index (χ1v) is 6.49. The maximum Gasteiger partial charge on any atom is 0.236 e. The summed E-state index contributed by atoms with van der Waals surface area (Å²) in [6.45, 7) is 6.02.